The van der Waals surface area contributed by atoms with E-state index in [4.69, 9.17) is 9.72 Å². The predicted molar refractivity (Wildman–Crippen MR) is 83.6 cm³/mol. The molecule has 4 nitrogen and oxygen atoms in total. The van der Waals surface area contributed by atoms with Gasteiger partial charge in [0.25, 0.3) is 0 Å². The van der Waals surface area contributed by atoms with Crippen molar-refractivity contribution in [3.63, 3.8) is 0 Å². The summed E-state index contributed by atoms with van der Waals surface area (Å²) in [7, 11) is 1.71. The standard InChI is InChI=1S/C17H23N3O/c1-21-13-8-9-14-15(11-13)19-17(18-14)16-7-2-3-10-20(16)12-5-4-6-12/h8-9,11-12,16H,2-7,10H2,1H3,(H,18,19). The summed E-state index contributed by atoms with van der Waals surface area (Å²) in [4.78, 5) is 11.1. The first kappa shape index (κ1) is 13.1. The van der Waals surface area contributed by atoms with Crippen LogP contribution in [-0.4, -0.2) is 34.6 Å². The largest absolute Gasteiger partial charge is 0.497 e. The van der Waals surface area contributed by atoms with Crippen LogP contribution >= 0.6 is 0 Å². The molecule has 1 aromatic carbocycles. The molecular formula is C17H23N3O. The highest BCUT2D eigenvalue weighted by molar-refractivity contribution is 5.76. The fourth-order valence-corrected chi connectivity index (χ4v) is 3.70. The van der Waals surface area contributed by atoms with Gasteiger partial charge in [0.2, 0.25) is 0 Å². The Morgan fingerprint density at radius 1 is 1.19 bits per heavy atom. The maximum atomic E-state index is 5.30. The first-order valence-electron chi connectivity index (χ1n) is 8.14. The summed E-state index contributed by atoms with van der Waals surface area (Å²) in [6.45, 7) is 1.23. The monoisotopic (exact) mass is 285 g/mol. The summed E-state index contributed by atoms with van der Waals surface area (Å²) in [5, 5.41) is 0. The summed E-state index contributed by atoms with van der Waals surface area (Å²) < 4.78 is 5.30. The van der Waals surface area contributed by atoms with E-state index in [1.165, 1.54) is 45.1 Å². The molecule has 1 unspecified atom stereocenters. The van der Waals surface area contributed by atoms with Crippen LogP contribution in [0.25, 0.3) is 11.0 Å². The average molecular weight is 285 g/mol. The third-order valence-corrected chi connectivity index (χ3v) is 5.11. The van der Waals surface area contributed by atoms with E-state index in [1.807, 2.05) is 18.2 Å². The van der Waals surface area contributed by atoms with Crippen LogP contribution in [0, 0.1) is 0 Å². The number of piperidine rings is 1. The third kappa shape index (κ3) is 2.31. The molecule has 0 radical (unpaired) electrons. The van der Waals surface area contributed by atoms with Crippen LogP contribution in [0.5, 0.6) is 5.75 Å². The zero-order valence-electron chi connectivity index (χ0n) is 12.6. The van der Waals surface area contributed by atoms with Crippen molar-refractivity contribution in [2.75, 3.05) is 13.7 Å². The topological polar surface area (TPSA) is 41.1 Å². The van der Waals surface area contributed by atoms with Gasteiger partial charge in [0, 0.05) is 12.1 Å². The Labute approximate surface area is 125 Å². The van der Waals surface area contributed by atoms with Gasteiger partial charge >= 0.3 is 0 Å². The molecule has 1 N–H and O–H groups in total. The van der Waals surface area contributed by atoms with Crippen molar-refractivity contribution in [3.8, 4) is 5.75 Å². The van der Waals surface area contributed by atoms with E-state index in [0.29, 0.717) is 6.04 Å². The highest BCUT2D eigenvalue weighted by atomic mass is 16.5. The van der Waals surface area contributed by atoms with Crippen molar-refractivity contribution >= 4 is 11.0 Å². The smallest absolute Gasteiger partial charge is 0.124 e. The molecule has 2 aliphatic rings. The normalized spacial score (nSPS) is 24.1. The van der Waals surface area contributed by atoms with E-state index in [1.54, 1.807) is 7.11 Å². The van der Waals surface area contributed by atoms with E-state index in [0.717, 1.165) is 28.6 Å². The van der Waals surface area contributed by atoms with Gasteiger partial charge in [0.15, 0.2) is 0 Å². The lowest BCUT2D eigenvalue weighted by Gasteiger charge is -2.44. The molecule has 0 amide bonds. The first-order valence-corrected chi connectivity index (χ1v) is 8.14. The van der Waals surface area contributed by atoms with Gasteiger partial charge in [0.1, 0.15) is 11.6 Å². The average Bonchev–Trinajstić information content (AvgIpc) is 2.88. The number of nitrogens with one attached hydrogen (secondary N) is 1. The number of ether oxygens (including phenoxy) is 1. The number of aromatic nitrogens is 2. The van der Waals surface area contributed by atoms with Gasteiger partial charge in [-0.25, -0.2) is 4.98 Å². The molecule has 1 saturated heterocycles. The van der Waals surface area contributed by atoms with Crippen LogP contribution in [0.3, 0.4) is 0 Å². The van der Waals surface area contributed by atoms with Crippen molar-refractivity contribution in [2.24, 2.45) is 0 Å². The number of hydrogen-bond acceptors (Lipinski definition) is 3. The molecule has 0 spiro atoms. The number of aromatic amines is 1. The molecule has 112 valence electrons. The van der Waals surface area contributed by atoms with Gasteiger partial charge in [-0.2, -0.15) is 0 Å². The molecule has 0 bridgehead atoms. The van der Waals surface area contributed by atoms with Crippen LogP contribution in [0.4, 0.5) is 0 Å². The minimum Gasteiger partial charge on any atom is -0.497 e. The molecule has 2 aromatic rings. The Hall–Kier alpha value is -1.55. The highest BCUT2D eigenvalue weighted by Crippen LogP contribution is 2.37. The minimum absolute atomic E-state index is 0.474. The van der Waals surface area contributed by atoms with Crippen molar-refractivity contribution in [1.29, 1.82) is 0 Å². The molecule has 1 saturated carbocycles. The second-order valence-electron chi connectivity index (χ2n) is 6.34. The van der Waals surface area contributed by atoms with Crippen LogP contribution in [0.15, 0.2) is 18.2 Å². The lowest BCUT2D eigenvalue weighted by atomic mass is 9.87. The molecule has 4 heteroatoms. The maximum absolute atomic E-state index is 5.30. The van der Waals surface area contributed by atoms with Crippen LogP contribution in [0.2, 0.25) is 0 Å². The molecule has 1 aliphatic heterocycles. The molecule has 2 fully saturated rings. The Morgan fingerprint density at radius 2 is 2.10 bits per heavy atom. The number of rotatable bonds is 3. The van der Waals surface area contributed by atoms with E-state index >= 15 is 0 Å². The Kier molecular flexibility index (Phi) is 3.34. The number of likely N-dealkylation sites (tertiary alicyclic amines) is 1. The Balaban J connectivity index is 1.66. The SMILES string of the molecule is COc1ccc2nc(C3CCCCN3C3CCC3)[nH]c2c1. The summed E-state index contributed by atoms with van der Waals surface area (Å²) in [5.74, 6) is 2.03. The van der Waals surface area contributed by atoms with E-state index in [2.05, 4.69) is 9.88 Å². The van der Waals surface area contributed by atoms with E-state index in [-0.39, 0.29) is 0 Å². The minimum atomic E-state index is 0.474. The molecule has 1 aliphatic carbocycles. The second kappa shape index (κ2) is 5.34. The van der Waals surface area contributed by atoms with Crippen molar-refractivity contribution < 1.29 is 4.74 Å². The maximum Gasteiger partial charge on any atom is 0.124 e. The highest BCUT2D eigenvalue weighted by Gasteiger charge is 2.34. The number of H-pyrrole nitrogens is 1. The molecule has 4 rings (SSSR count). The molecule has 1 atom stereocenters. The number of imidazole rings is 1. The summed E-state index contributed by atoms with van der Waals surface area (Å²) in [6, 6.07) is 7.34. The van der Waals surface area contributed by atoms with E-state index in [9.17, 15) is 0 Å². The van der Waals surface area contributed by atoms with Gasteiger partial charge in [-0.3, -0.25) is 4.90 Å². The third-order valence-electron chi connectivity index (χ3n) is 5.11. The molecule has 21 heavy (non-hydrogen) atoms. The zero-order valence-corrected chi connectivity index (χ0v) is 12.6. The fourth-order valence-electron chi connectivity index (χ4n) is 3.70. The second-order valence-corrected chi connectivity index (χ2v) is 6.34. The van der Waals surface area contributed by atoms with Crippen LogP contribution in [-0.2, 0) is 0 Å². The number of fused-ring (bicyclic) bond motifs is 1. The van der Waals surface area contributed by atoms with E-state index < -0.39 is 0 Å². The fraction of sp³-hybridized carbons (Fsp3) is 0.588. The molecule has 1 aromatic heterocycles. The summed E-state index contributed by atoms with van der Waals surface area (Å²) >= 11 is 0. The van der Waals surface area contributed by atoms with Crippen molar-refractivity contribution in [3.05, 3.63) is 24.0 Å². The number of methoxy groups -OCH3 is 1. The number of nitrogens with zero attached hydrogens (tertiary/aromatic N) is 2. The Bertz CT molecular complexity index is 632. The zero-order chi connectivity index (χ0) is 14.2. The van der Waals surface area contributed by atoms with Gasteiger partial charge in [-0.15, -0.1) is 0 Å². The van der Waals surface area contributed by atoms with Crippen LogP contribution < -0.4 is 4.74 Å². The molecule has 2 heterocycles. The quantitative estimate of drug-likeness (QED) is 0.936. The summed E-state index contributed by atoms with van der Waals surface area (Å²) in [6.07, 6.45) is 8.00. The van der Waals surface area contributed by atoms with Gasteiger partial charge < -0.3 is 9.72 Å². The van der Waals surface area contributed by atoms with Crippen LogP contribution in [0.1, 0.15) is 50.4 Å². The Morgan fingerprint density at radius 3 is 2.86 bits per heavy atom. The number of benzene rings is 1. The number of hydrogen-bond donors (Lipinski definition) is 1. The van der Waals surface area contributed by atoms with Crippen molar-refractivity contribution in [1.82, 2.24) is 14.9 Å². The predicted octanol–water partition coefficient (Wildman–Crippen LogP) is 3.65. The first-order chi connectivity index (χ1) is 10.3. The van der Waals surface area contributed by atoms with Crippen molar-refractivity contribution in [2.45, 2.75) is 50.6 Å². The molecular weight excluding hydrogens is 262 g/mol. The van der Waals surface area contributed by atoms with Gasteiger partial charge in [-0.1, -0.05) is 12.8 Å². The summed E-state index contributed by atoms with van der Waals surface area (Å²) in [5.41, 5.74) is 2.13. The van der Waals surface area contributed by atoms with Gasteiger partial charge in [0.05, 0.1) is 24.2 Å². The van der Waals surface area contributed by atoms with Gasteiger partial charge in [-0.05, 0) is 44.4 Å². The lowest BCUT2D eigenvalue weighted by Crippen LogP contribution is -2.45. The lowest BCUT2D eigenvalue weighted by molar-refractivity contribution is 0.0476.